The monoisotopic (exact) mass is 318 g/mol. The van der Waals surface area contributed by atoms with E-state index in [9.17, 15) is 23.3 Å². The lowest BCUT2D eigenvalue weighted by Crippen LogP contribution is -2.30. The van der Waals surface area contributed by atoms with Crippen LogP contribution < -0.4 is 4.72 Å². The van der Waals surface area contributed by atoms with Crippen LogP contribution in [-0.2, 0) is 14.8 Å². The maximum atomic E-state index is 12.0. The zero-order valence-corrected chi connectivity index (χ0v) is 11.8. The molecular weight excluding hydrogens is 304 g/mol. The third kappa shape index (κ3) is 4.48. The van der Waals surface area contributed by atoms with Gasteiger partial charge >= 0.3 is 5.97 Å². The number of rotatable bonds is 7. The summed E-state index contributed by atoms with van der Waals surface area (Å²) < 4.78 is 26.1. The minimum atomic E-state index is -4.03. The van der Waals surface area contributed by atoms with Crippen molar-refractivity contribution in [2.75, 3.05) is 6.54 Å². The number of nitro benzene ring substituents is 1. The highest BCUT2D eigenvalue weighted by molar-refractivity contribution is 7.89. The highest BCUT2D eigenvalue weighted by atomic mass is 32.2. The van der Waals surface area contributed by atoms with Crippen molar-refractivity contribution in [3.63, 3.8) is 0 Å². The van der Waals surface area contributed by atoms with E-state index in [4.69, 9.17) is 10.2 Å². The number of nitro groups is 1. The van der Waals surface area contributed by atoms with Crippen molar-refractivity contribution in [1.29, 1.82) is 0 Å². The van der Waals surface area contributed by atoms with Gasteiger partial charge in [0.05, 0.1) is 9.82 Å². The minimum Gasteiger partial charge on any atom is -0.479 e. The molecule has 9 nitrogen and oxygen atoms in total. The van der Waals surface area contributed by atoms with Crippen LogP contribution in [0.25, 0.3) is 0 Å². The van der Waals surface area contributed by atoms with Crippen LogP contribution in [-0.4, -0.2) is 42.2 Å². The molecule has 21 heavy (non-hydrogen) atoms. The first-order valence-corrected chi connectivity index (χ1v) is 7.29. The van der Waals surface area contributed by atoms with E-state index >= 15 is 0 Å². The lowest BCUT2D eigenvalue weighted by atomic mass is 10.2. The molecule has 0 heterocycles. The minimum absolute atomic E-state index is 0.262. The molecule has 0 amide bonds. The number of carboxylic acids is 1. The summed E-state index contributed by atoms with van der Waals surface area (Å²) in [4.78, 5) is 20.1. The number of nitrogens with one attached hydrogen (secondary N) is 1. The second-order valence-corrected chi connectivity index (χ2v) is 5.98. The highest BCUT2D eigenvalue weighted by Gasteiger charge is 2.21. The van der Waals surface area contributed by atoms with Crippen LogP contribution in [0.5, 0.6) is 0 Å². The number of sulfonamides is 1. The van der Waals surface area contributed by atoms with Crippen LogP contribution in [0.3, 0.4) is 0 Å². The fourth-order valence-corrected chi connectivity index (χ4v) is 2.83. The van der Waals surface area contributed by atoms with Gasteiger partial charge in [0.25, 0.3) is 5.69 Å². The Bertz CT molecular complexity index is 657. The normalized spacial score (nSPS) is 12.9. The van der Waals surface area contributed by atoms with Gasteiger partial charge in [-0.3, -0.25) is 10.1 Å². The van der Waals surface area contributed by atoms with Crippen LogP contribution >= 0.6 is 0 Å². The van der Waals surface area contributed by atoms with Crippen LogP contribution in [0.4, 0.5) is 5.69 Å². The molecular formula is C11H14N2O7S. The Morgan fingerprint density at radius 1 is 1.48 bits per heavy atom. The zero-order chi connectivity index (χ0) is 16.2. The lowest BCUT2D eigenvalue weighted by Gasteiger charge is -2.10. The van der Waals surface area contributed by atoms with Crippen molar-refractivity contribution in [3.8, 4) is 0 Å². The van der Waals surface area contributed by atoms with Gasteiger partial charge in [-0.2, -0.15) is 0 Å². The topological polar surface area (TPSA) is 147 Å². The molecule has 0 spiro atoms. The Balaban J connectivity index is 2.90. The summed E-state index contributed by atoms with van der Waals surface area (Å²) in [5, 5.41) is 28.2. The Labute approximate surface area is 120 Å². The standard InChI is InChI=1S/C11H14N2O7S/c1-7-2-3-8(13(17)18)6-10(7)21(19,20)12-5-4-9(14)11(15)16/h2-3,6,9,12,14H,4-5H2,1H3,(H,15,16)/t9-/m0/s1. The molecule has 1 rings (SSSR count). The van der Waals surface area contributed by atoms with E-state index < -0.39 is 27.0 Å². The third-order valence-electron chi connectivity index (χ3n) is 2.67. The first kappa shape index (κ1) is 17.0. The molecule has 0 saturated carbocycles. The van der Waals surface area contributed by atoms with E-state index in [-0.39, 0.29) is 23.5 Å². The van der Waals surface area contributed by atoms with E-state index in [1.807, 2.05) is 0 Å². The number of non-ortho nitro benzene ring substituents is 1. The SMILES string of the molecule is Cc1ccc([N+](=O)[O-])cc1S(=O)(=O)NCC[C@H](O)C(=O)O. The Morgan fingerprint density at radius 3 is 2.62 bits per heavy atom. The van der Waals surface area contributed by atoms with Crippen molar-refractivity contribution >= 4 is 21.7 Å². The molecule has 3 N–H and O–H groups in total. The largest absolute Gasteiger partial charge is 0.479 e. The smallest absolute Gasteiger partial charge is 0.332 e. The summed E-state index contributed by atoms with van der Waals surface area (Å²) >= 11 is 0. The number of aliphatic hydroxyl groups is 1. The number of nitrogens with zero attached hydrogens (tertiary/aromatic N) is 1. The lowest BCUT2D eigenvalue weighted by molar-refractivity contribution is -0.385. The van der Waals surface area contributed by atoms with Crippen molar-refractivity contribution in [3.05, 3.63) is 33.9 Å². The predicted molar refractivity (Wildman–Crippen MR) is 71.3 cm³/mol. The second-order valence-electron chi connectivity index (χ2n) is 4.25. The summed E-state index contributed by atoms with van der Waals surface area (Å²) in [5.74, 6) is -1.46. The quantitative estimate of drug-likeness (QED) is 0.474. The van der Waals surface area contributed by atoms with Crippen molar-refractivity contribution < 1.29 is 28.3 Å². The van der Waals surface area contributed by atoms with E-state index in [1.54, 1.807) is 0 Å². The van der Waals surface area contributed by atoms with Crippen molar-refractivity contribution in [2.45, 2.75) is 24.3 Å². The Morgan fingerprint density at radius 2 is 2.10 bits per heavy atom. The summed E-state index contributed by atoms with van der Waals surface area (Å²) in [6, 6.07) is 3.41. The van der Waals surface area contributed by atoms with Crippen molar-refractivity contribution in [1.82, 2.24) is 4.72 Å². The van der Waals surface area contributed by atoms with E-state index in [2.05, 4.69) is 4.72 Å². The van der Waals surface area contributed by atoms with Gasteiger partial charge in [-0.05, 0) is 18.9 Å². The van der Waals surface area contributed by atoms with Crippen molar-refractivity contribution in [2.24, 2.45) is 0 Å². The van der Waals surface area contributed by atoms with Gasteiger partial charge in [0.15, 0.2) is 6.10 Å². The average molecular weight is 318 g/mol. The van der Waals surface area contributed by atoms with Gasteiger partial charge in [-0.15, -0.1) is 0 Å². The van der Waals surface area contributed by atoms with Gasteiger partial charge < -0.3 is 10.2 Å². The molecule has 1 atom stereocenters. The Hall–Kier alpha value is -2.04. The zero-order valence-electron chi connectivity index (χ0n) is 11.0. The van der Waals surface area contributed by atoms with E-state index in [0.717, 1.165) is 6.07 Å². The second kappa shape index (κ2) is 6.61. The molecule has 0 fully saturated rings. The molecule has 0 saturated heterocycles. The van der Waals surface area contributed by atoms with Gasteiger partial charge in [0, 0.05) is 18.7 Å². The Kier molecular flexibility index (Phi) is 5.35. The molecule has 1 aromatic rings. The molecule has 0 bridgehead atoms. The van der Waals surface area contributed by atoms with Crippen LogP contribution in [0.2, 0.25) is 0 Å². The van der Waals surface area contributed by atoms with Gasteiger partial charge in [0.2, 0.25) is 10.0 Å². The molecule has 116 valence electrons. The first-order chi connectivity index (χ1) is 9.65. The molecule has 0 unspecified atom stereocenters. The summed E-state index contributed by atoms with van der Waals surface area (Å²) in [6.45, 7) is 1.17. The number of carbonyl (C=O) groups is 1. The number of carboxylic acid groups (broad SMARTS) is 1. The molecule has 0 aliphatic heterocycles. The number of hydrogen-bond donors (Lipinski definition) is 3. The fourth-order valence-electron chi connectivity index (χ4n) is 1.52. The van der Waals surface area contributed by atoms with E-state index in [1.165, 1.54) is 19.1 Å². The molecule has 0 aromatic heterocycles. The number of benzene rings is 1. The fraction of sp³-hybridized carbons (Fsp3) is 0.364. The highest BCUT2D eigenvalue weighted by Crippen LogP contribution is 2.21. The van der Waals surface area contributed by atoms with Gasteiger partial charge in [-0.25, -0.2) is 17.9 Å². The third-order valence-corrected chi connectivity index (χ3v) is 4.27. The van der Waals surface area contributed by atoms with Gasteiger partial charge in [-0.1, -0.05) is 6.07 Å². The number of aryl methyl sites for hydroxylation is 1. The molecule has 1 aromatic carbocycles. The van der Waals surface area contributed by atoms with Crippen LogP contribution in [0.1, 0.15) is 12.0 Å². The number of aliphatic carboxylic acids is 1. The predicted octanol–water partition coefficient (Wildman–Crippen LogP) is 0.0171. The maximum Gasteiger partial charge on any atom is 0.332 e. The molecule has 0 radical (unpaired) electrons. The molecule has 10 heteroatoms. The van der Waals surface area contributed by atoms with Crippen LogP contribution in [0, 0.1) is 17.0 Å². The average Bonchev–Trinajstić information content (AvgIpc) is 2.38. The van der Waals surface area contributed by atoms with Crippen LogP contribution in [0.15, 0.2) is 23.1 Å². The number of aliphatic hydroxyl groups excluding tert-OH is 1. The van der Waals surface area contributed by atoms with Gasteiger partial charge in [0.1, 0.15) is 0 Å². The first-order valence-electron chi connectivity index (χ1n) is 5.80. The summed E-state index contributed by atoms with van der Waals surface area (Å²) in [7, 11) is -4.03. The summed E-state index contributed by atoms with van der Waals surface area (Å²) in [5.41, 5.74) is -0.0570. The molecule has 0 aliphatic rings. The van der Waals surface area contributed by atoms with E-state index in [0.29, 0.717) is 5.56 Å². The number of hydrogen-bond acceptors (Lipinski definition) is 6. The molecule has 0 aliphatic carbocycles. The summed E-state index contributed by atoms with van der Waals surface area (Å²) in [6.07, 6.45) is -2.00. The maximum absolute atomic E-state index is 12.0.